The fourth-order valence-electron chi connectivity index (χ4n) is 4.99. The first kappa shape index (κ1) is 17.1. The van der Waals surface area contributed by atoms with Crippen molar-refractivity contribution in [1.82, 2.24) is 0 Å². The zero-order valence-corrected chi connectivity index (χ0v) is 16.4. The van der Waals surface area contributed by atoms with Crippen LogP contribution in [0.15, 0.2) is 48.5 Å². The molecule has 0 aliphatic heterocycles. The van der Waals surface area contributed by atoms with Gasteiger partial charge in [0.1, 0.15) is 0 Å². The van der Waals surface area contributed by atoms with Crippen molar-refractivity contribution in [2.45, 2.75) is 53.4 Å². The van der Waals surface area contributed by atoms with Crippen LogP contribution in [0.3, 0.4) is 0 Å². The lowest BCUT2D eigenvalue weighted by Crippen LogP contribution is -2.02. The Morgan fingerprint density at radius 1 is 0.423 bits per heavy atom. The van der Waals surface area contributed by atoms with Crippen molar-refractivity contribution >= 4 is 32.3 Å². The van der Waals surface area contributed by atoms with Crippen LogP contribution in [0.1, 0.15) is 49.9 Å². The van der Waals surface area contributed by atoms with Crippen LogP contribution in [0, 0.1) is 0 Å². The van der Waals surface area contributed by atoms with E-state index in [2.05, 4.69) is 76.2 Å². The van der Waals surface area contributed by atoms with Gasteiger partial charge < -0.3 is 0 Å². The molecule has 0 heterocycles. The number of hydrogen-bond donors (Lipinski definition) is 0. The van der Waals surface area contributed by atoms with Crippen LogP contribution < -0.4 is 0 Å². The van der Waals surface area contributed by atoms with Gasteiger partial charge in [0.2, 0.25) is 0 Å². The van der Waals surface area contributed by atoms with Crippen molar-refractivity contribution in [1.29, 1.82) is 0 Å². The molecule has 4 aromatic carbocycles. The standard InChI is InChI=1S/C26H28/c1-5-17-21-13-9-10-14-22(21)19(7-3)26-20(8-4)24-16-12-11-15-23(24)18(6-2)25(17)26/h9-16H,5-8H2,1-4H3. The van der Waals surface area contributed by atoms with Crippen molar-refractivity contribution < 1.29 is 0 Å². The first-order chi connectivity index (χ1) is 12.8. The Kier molecular flexibility index (Phi) is 4.44. The predicted molar refractivity (Wildman–Crippen MR) is 116 cm³/mol. The molecular weight excluding hydrogens is 312 g/mol. The van der Waals surface area contributed by atoms with Gasteiger partial charge in [-0.05, 0) is 80.3 Å². The topological polar surface area (TPSA) is 0 Å². The minimum Gasteiger partial charge on any atom is -0.0616 e. The van der Waals surface area contributed by atoms with Crippen LogP contribution in [0.4, 0.5) is 0 Å². The summed E-state index contributed by atoms with van der Waals surface area (Å²) < 4.78 is 0. The van der Waals surface area contributed by atoms with Gasteiger partial charge in [-0.2, -0.15) is 0 Å². The molecular formula is C26H28. The molecule has 0 aliphatic rings. The smallest absolute Gasteiger partial charge is 0.0102 e. The quantitative estimate of drug-likeness (QED) is 0.340. The van der Waals surface area contributed by atoms with E-state index in [-0.39, 0.29) is 0 Å². The Labute approximate surface area is 156 Å². The molecule has 0 spiro atoms. The summed E-state index contributed by atoms with van der Waals surface area (Å²) in [7, 11) is 0. The van der Waals surface area contributed by atoms with E-state index in [1.54, 1.807) is 10.8 Å². The SMILES string of the molecule is CCc1c2ccccc2c(CC)c2c(CC)c3ccccc3c(CC)c12. The summed E-state index contributed by atoms with van der Waals surface area (Å²) in [6, 6.07) is 18.1. The lowest BCUT2D eigenvalue weighted by molar-refractivity contribution is 1.11. The predicted octanol–water partition coefficient (Wildman–Crippen LogP) is 7.40. The first-order valence-electron chi connectivity index (χ1n) is 10.1. The summed E-state index contributed by atoms with van der Waals surface area (Å²) in [4.78, 5) is 0. The maximum absolute atomic E-state index is 2.33. The summed E-state index contributed by atoms with van der Waals surface area (Å²) in [6.45, 7) is 9.25. The number of fused-ring (bicyclic) bond motifs is 3. The Hall–Kier alpha value is -2.34. The second-order valence-electron chi connectivity index (χ2n) is 7.17. The van der Waals surface area contributed by atoms with E-state index in [1.807, 2.05) is 0 Å². The van der Waals surface area contributed by atoms with Crippen LogP contribution in [-0.2, 0) is 25.7 Å². The second kappa shape index (κ2) is 6.76. The molecule has 0 N–H and O–H groups in total. The van der Waals surface area contributed by atoms with Gasteiger partial charge in [0, 0.05) is 0 Å². The largest absolute Gasteiger partial charge is 0.0616 e. The fourth-order valence-corrected chi connectivity index (χ4v) is 4.99. The van der Waals surface area contributed by atoms with Crippen LogP contribution in [0.2, 0.25) is 0 Å². The van der Waals surface area contributed by atoms with E-state index in [0.717, 1.165) is 25.7 Å². The maximum Gasteiger partial charge on any atom is -0.0102 e. The fraction of sp³-hybridized carbons (Fsp3) is 0.308. The van der Waals surface area contributed by atoms with Crippen molar-refractivity contribution in [3.05, 3.63) is 70.8 Å². The summed E-state index contributed by atoms with van der Waals surface area (Å²) in [5.41, 5.74) is 6.13. The van der Waals surface area contributed by atoms with Gasteiger partial charge in [-0.3, -0.25) is 0 Å². The van der Waals surface area contributed by atoms with Gasteiger partial charge in [0.25, 0.3) is 0 Å². The summed E-state index contributed by atoms with van der Waals surface area (Å²) in [5.74, 6) is 0. The average Bonchev–Trinajstić information content (AvgIpc) is 2.70. The van der Waals surface area contributed by atoms with Crippen molar-refractivity contribution in [2.75, 3.05) is 0 Å². The highest BCUT2D eigenvalue weighted by Gasteiger charge is 2.19. The Bertz CT molecular complexity index is 940. The van der Waals surface area contributed by atoms with Crippen molar-refractivity contribution in [3.63, 3.8) is 0 Å². The third-order valence-corrected chi connectivity index (χ3v) is 6.03. The third kappa shape index (κ3) is 2.28. The Morgan fingerprint density at radius 3 is 0.846 bits per heavy atom. The van der Waals surface area contributed by atoms with Crippen molar-refractivity contribution in [2.24, 2.45) is 0 Å². The highest BCUT2D eigenvalue weighted by molar-refractivity contribution is 6.15. The van der Waals surface area contributed by atoms with Crippen molar-refractivity contribution in [3.8, 4) is 0 Å². The molecule has 0 nitrogen and oxygen atoms in total. The molecule has 26 heavy (non-hydrogen) atoms. The third-order valence-electron chi connectivity index (χ3n) is 6.03. The van der Waals surface area contributed by atoms with Gasteiger partial charge in [0.15, 0.2) is 0 Å². The minimum atomic E-state index is 1.08. The van der Waals surface area contributed by atoms with E-state index in [0.29, 0.717) is 0 Å². The van der Waals surface area contributed by atoms with E-state index in [1.165, 1.54) is 43.8 Å². The van der Waals surface area contributed by atoms with Gasteiger partial charge in [-0.25, -0.2) is 0 Å². The lowest BCUT2D eigenvalue weighted by atomic mass is 9.81. The Morgan fingerprint density at radius 2 is 0.654 bits per heavy atom. The molecule has 0 saturated carbocycles. The van der Waals surface area contributed by atoms with Gasteiger partial charge in [0.05, 0.1) is 0 Å². The van der Waals surface area contributed by atoms with Gasteiger partial charge in [-0.15, -0.1) is 0 Å². The molecule has 0 aromatic heterocycles. The van der Waals surface area contributed by atoms with Gasteiger partial charge >= 0.3 is 0 Å². The first-order valence-corrected chi connectivity index (χ1v) is 10.1. The zero-order chi connectivity index (χ0) is 18.3. The molecule has 0 heteroatoms. The van der Waals surface area contributed by atoms with E-state index >= 15 is 0 Å². The van der Waals surface area contributed by atoms with Crippen LogP contribution in [-0.4, -0.2) is 0 Å². The Balaban J connectivity index is 2.43. The van der Waals surface area contributed by atoms with E-state index < -0.39 is 0 Å². The molecule has 0 aliphatic carbocycles. The molecule has 0 radical (unpaired) electrons. The highest BCUT2D eigenvalue weighted by Crippen LogP contribution is 2.42. The van der Waals surface area contributed by atoms with Crippen LogP contribution >= 0.6 is 0 Å². The number of rotatable bonds is 4. The molecule has 0 amide bonds. The molecule has 0 atom stereocenters. The van der Waals surface area contributed by atoms with Crippen LogP contribution in [0.25, 0.3) is 32.3 Å². The normalized spacial score (nSPS) is 11.7. The monoisotopic (exact) mass is 340 g/mol. The number of aryl methyl sites for hydroxylation is 4. The lowest BCUT2D eigenvalue weighted by Gasteiger charge is -2.23. The van der Waals surface area contributed by atoms with E-state index in [9.17, 15) is 0 Å². The minimum absolute atomic E-state index is 1.08. The molecule has 0 fully saturated rings. The van der Waals surface area contributed by atoms with Crippen LogP contribution in [0.5, 0.6) is 0 Å². The molecule has 4 aromatic rings. The average molecular weight is 341 g/mol. The summed E-state index contributed by atoms with van der Waals surface area (Å²) in [6.07, 6.45) is 4.32. The molecule has 0 unspecified atom stereocenters. The number of hydrogen-bond acceptors (Lipinski definition) is 0. The number of benzene rings is 4. The van der Waals surface area contributed by atoms with E-state index in [4.69, 9.17) is 0 Å². The van der Waals surface area contributed by atoms with Gasteiger partial charge in [-0.1, -0.05) is 76.2 Å². The molecule has 0 bridgehead atoms. The summed E-state index contributed by atoms with van der Waals surface area (Å²) >= 11 is 0. The summed E-state index contributed by atoms with van der Waals surface area (Å²) in [5, 5.41) is 8.89. The second-order valence-corrected chi connectivity index (χ2v) is 7.17. The molecule has 4 rings (SSSR count). The highest BCUT2D eigenvalue weighted by atomic mass is 14.2. The maximum atomic E-state index is 2.33. The molecule has 132 valence electrons. The molecule has 0 saturated heterocycles. The zero-order valence-electron chi connectivity index (χ0n) is 16.4.